The van der Waals surface area contributed by atoms with Gasteiger partial charge in [-0.05, 0) is 38.5 Å². The lowest BCUT2D eigenvalue weighted by Gasteiger charge is -2.13. The van der Waals surface area contributed by atoms with Crippen LogP contribution in [0.5, 0.6) is 0 Å². The average Bonchev–Trinajstić information content (AvgIpc) is 2.86. The van der Waals surface area contributed by atoms with Crippen molar-refractivity contribution in [2.24, 2.45) is 0 Å². The Morgan fingerprint density at radius 3 is 2.68 bits per heavy atom. The highest BCUT2D eigenvalue weighted by molar-refractivity contribution is 5.97. The molecule has 0 saturated carbocycles. The first kappa shape index (κ1) is 15.7. The number of hydrogen-bond donors (Lipinski definition) is 1. The van der Waals surface area contributed by atoms with E-state index in [-0.39, 0.29) is 11.4 Å². The molecule has 0 aliphatic heterocycles. The number of carbonyl (C=O) groups is 2. The van der Waals surface area contributed by atoms with Gasteiger partial charge in [0.05, 0.1) is 5.56 Å². The average molecular weight is 306 g/mol. The lowest BCUT2D eigenvalue weighted by atomic mass is 10.1. The lowest BCUT2D eigenvalue weighted by molar-refractivity contribution is -0.123. The van der Waals surface area contributed by atoms with E-state index in [2.05, 4.69) is 10.5 Å². The largest absolute Gasteiger partial charge is 0.449 e. The molecule has 1 heterocycles. The van der Waals surface area contributed by atoms with E-state index in [1.165, 1.54) is 25.1 Å². The molecule has 1 aromatic heterocycles. The minimum atomic E-state index is -1.06. The van der Waals surface area contributed by atoms with E-state index in [9.17, 15) is 14.0 Å². The predicted molar refractivity (Wildman–Crippen MR) is 75.9 cm³/mol. The van der Waals surface area contributed by atoms with Crippen molar-refractivity contribution in [3.05, 3.63) is 47.0 Å². The number of aromatic nitrogens is 1. The summed E-state index contributed by atoms with van der Waals surface area (Å²) in [5.74, 6) is -1.11. The van der Waals surface area contributed by atoms with Crippen LogP contribution in [0.2, 0.25) is 0 Å². The molecule has 2 rings (SSSR count). The Hall–Kier alpha value is -2.70. The number of nitrogens with one attached hydrogen (secondary N) is 1. The number of hydrogen-bond acceptors (Lipinski definition) is 5. The molecule has 0 bridgehead atoms. The standard InChI is InChI=1S/C15H15FN2O4/c1-8-4-5-11(16)7-12(8)15(20)21-10(3)14(19)17-13-6-9(2)22-18-13/h4-7,10H,1-3H3,(H,17,18,19). The number of anilines is 1. The summed E-state index contributed by atoms with van der Waals surface area (Å²) in [6.07, 6.45) is -1.06. The Kier molecular flexibility index (Phi) is 4.55. The van der Waals surface area contributed by atoms with Crippen molar-refractivity contribution in [3.63, 3.8) is 0 Å². The SMILES string of the molecule is Cc1cc(NC(=O)C(C)OC(=O)c2cc(F)ccc2C)no1. The molecule has 2 aromatic rings. The molecule has 0 aliphatic carbocycles. The van der Waals surface area contributed by atoms with Crippen molar-refractivity contribution in [1.29, 1.82) is 0 Å². The minimum absolute atomic E-state index is 0.0805. The van der Waals surface area contributed by atoms with Crippen LogP contribution < -0.4 is 5.32 Å². The van der Waals surface area contributed by atoms with Crippen molar-refractivity contribution >= 4 is 17.7 Å². The fraction of sp³-hybridized carbons (Fsp3) is 0.267. The summed E-state index contributed by atoms with van der Waals surface area (Å²) < 4.78 is 23.0. The topological polar surface area (TPSA) is 81.4 Å². The van der Waals surface area contributed by atoms with Gasteiger partial charge in [-0.1, -0.05) is 11.2 Å². The number of carbonyl (C=O) groups excluding carboxylic acids is 2. The maximum absolute atomic E-state index is 13.2. The zero-order valence-corrected chi connectivity index (χ0v) is 12.3. The first-order valence-corrected chi connectivity index (χ1v) is 6.58. The predicted octanol–water partition coefficient (Wildman–Crippen LogP) is 2.61. The van der Waals surface area contributed by atoms with Gasteiger partial charge < -0.3 is 14.6 Å². The molecule has 1 N–H and O–H groups in total. The van der Waals surface area contributed by atoms with Gasteiger partial charge in [0.2, 0.25) is 0 Å². The molecule has 0 spiro atoms. The van der Waals surface area contributed by atoms with Crippen molar-refractivity contribution < 1.29 is 23.2 Å². The summed E-state index contributed by atoms with van der Waals surface area (Å²) in [5, 5.41) is 6.05. The van der Waals surface area contributed by atoms with Gasteiger partial charge in [-0.2, -0.15) is 0 Å². The van der Waals surface area contributed by atoms with E-state index in [0.29, 0.717) is 11.3 Å². The Labute approximate surface area is 126 Å². The number of aryl methyl sites for hydroxylation is 2. The molecule has 6 nitrogen and oxygen atoms in total. The van der Waals surface area contributed by atoms with E-state index in [4.69, 9.17) is 9.26 Å². The zero-order valence-electron chi connectivity index (χ0n) is 12.3. The molecular formula is C15H15FN2O4. The second kappa shape index (κ2) is 6.38. The monoisotopic (exact) mass is 306 g/mol. The molecule has 0 aliphatic rings. The van der Waals surface area contributed by atoms with Crippen LogP contribution in [-0.2, 0) is 9.53 Å². The lowest BCUT2D eigenvalue weighted by Crippen LogP contribution is -2.30. The number of benzene rings is 1. The van der Waals surface area contributed by atoms with Crippen LogP contribution in [0.4, 0.5) is 10.2 Å². The highest BCUT2D eigenvalue weighted by Gasteiger charge is 2.21. The summed E-state index contributed by atoms with van der Waals surface area (Å²) in [4.78, 5) is 23.9. The number of halogens is 1. The molecule has 1 amide bonds. The summed E-state index contributed by atoms with van der Waals surface area (Å²) >= 11 is 0. The Morgan fingerprint density at radius 2 is 2.05 bits per heavy atom. The van der Waals surface area contributed by atoms with Gasteiger partial charge in [0.15, 0.2) is 11.9 Å². The minimum Gasteiger partial charge on any atom is -0.449 e. The van der Waals surface area contributed by atoms with Crippen LogP contribution >= 0.6 is 0 Å². The highest BCUT2D eigenvalue weighted by atomic mass is 19.1. The first-order chi connectivity index (χ1) is 10.4. The number of ether oxygens (including phenoxy) is 1. The molecule has 0 radical (unpaired) electrons. The van der Waals surface area contributed by atoms with Crippen LogP contribution in [-0.4, -0.2) is 23.1 Å². The number of amides is 1. The molecule has 0 saturated heterocycles. The third-order valence-electron chi connectivity index (χ3n) is 2.95. The molecular weight excluding hydrogens is 291 g/mol. The molecule has 7 heteroatoms. The maximum Gasteiger partial charge on any atom is 0.339 e. The Balaban J connectivity index is 2.01. The van der Waals surface area contributed by atoms with E-state index >= 15 is 0 Å². The molecule has 116 valence electrons. The first-order valence-electron chi connectivity index (χ1n) is 6.58. The van der Waals surface area contributed by atoms with Gasteiger partial charge in [-0.25, -0.2) is 9.18 Å². The van der Waals surface area contributed by atoms with Gasteiger partial charge in [-0.15, -0.1) is 0 Å². The van der Waals surface area contributed by atoms with Crippen molar-refractivity contribution in [3.8, 4) is 0 Å². The van der Waals surface area contributed by atoms with E-state index in [0.717, 1.165) is 6.07 Å². The zero-order chi connectivity index (χ0) is 16.3. The van der Waals surface area contributed by atoms with Crippen molar-refractivity contribution in [1.82, 2.24) is 5.16 Å². The summed E-state index contributed by atoms with van der Waals surface area (Å²) in [7, 11) is 0. The molecule has 1 atom stereocenters. The van der Waals surface area contributed by atoms with Gasteiger partial charge in [0.25, 0.3) is 5.91 Å². The van der Waals surface area contributed by atoms with E-state index < -0.39 is 23.8 Å². The Morgan fingerprint density at radius 1 is 1.32 bits per heavy atom. The molecule has 1 aromatic carbocycles. The summed E-state index contributed by atoms with van der Waals surface area (Å²) in [6, 6.07) is 5.32. The van der Waals surface area contributed by atoms with Crippen LogP contribution in [0.15, 0.2) is 28.8 Å². The van der Waals surface area contributed by atoms with Gasteiger partial charge in [0, 0.05) is 6.07 Å². The van der Waals surface area contributed by atoms with Crippen LogP contribution in [0.3, 0.4) is 0 Å². The number of rotatable bonds is 4. The molecule has 0 fully saturated rings. The quantitative estimate of drug-likeness (QED) is 0.878. The molecule has 1 unspecified atom stereocenters. The van der Waals surface area contributed by atoms with Gasteiger partial charge in [-0.3, -0.25) is 4.79 Å². The van der Waals surface area contributed by atoms with Crippen LogP contribution in [0, 0.1) is 19.7 Å². The smallest absolute Gasteiger partial charge is 0.339 e. The van der Waals surface area contributed by atoms with Crippen LogP contribution in [0.25, 0.3) is 0 Å². The van der Waals surface area contributed by atoms with E-state index in [1.807, 2.05) is 0 Å². The van der Waals surface area contributed by atoms with Gasteiger partial charge in [0.1, 0.15) is 11.6 Å². The number of esters is 1. The summed E-state index contributed by atoms with van der Waals surface area (Å²) in [5.41, 5.74) is 0.642. The highest BCUT2D eigenvalue weighted by Crippen LogP contribution is 2.13. The maximum atomic E-state index is 13.2. The van der Waals surface area contributed by atoms with E-state index in [1.54, 1.807) is 13.8 Å². The molecule has 22 heavy (non-hydrogen) atoms. The summed E-state index contributed by atoms with van der Waals surface area (Å²) in [6.45, 7) is 4.74. The van der Waals surface area contributed by atoms with Crippen LogP contribution in [0.1, 0.15) is 28.6 Å². The normalized spacial score (nSPS) is 11.8. The fourth-order valence-corrected chi connectivity index (χ4v) is 1.74. The second-order valence-electron chi connectivity index (χ2n) is 4.82. The van der Waals surface area contributed by atoms with Crippen molar-refractivity contribution in [2.75, 3.05) is 5.32 Å². The fourth-order valence-electron chi connectivity index (χ4n) is 1.74. The third-order valence-corrected chi connectivity index (χ3v) is 2.95. The van der Waals surface area contributed by atoms with Crippen molar-refractivity contribution in [2.45, 2.75) is 26.9 Å². The second-order valence-corrected chi connectivity index (χ2v) is 4.82. The Bertz CT molecular complexity index is 711. The third kappa shape index (κ3) is 3.69. The number of nitrogens with zero attached hydrogens (tertiary/aromatic N) is 1. The van der Waals surface area contributed by atoms with Gasteiger partial charge >= 0.3 is 5.97 Å².